The third kappa shape index (κ3) is 2.75. The number of amides is 4. The Morgan fingerprint density at radius 1 is 1.30 bits per heavy atom. The minimum absolute atomic E-state index is 0.234. The molecule has 0 aliphatic carbocycles. The van der Waals surface area contributed by atoms with E-state index >= 15 is 0 Å². The molecule has 1 N–H and O–H groups in total. The maximum atomic E-state index is 12.3. The Morgan fingerprint density at radius 2 is 2.00 bits per heavy atom. The van der Waals surface area contributed by atoms with Gasteiger partial charge in [0, 0.05) is 9.75 Å². The Labute approximate surface area is 122 Å². The summed E-state index contributed by atoms with van der Waals surface area (Å²) < 4.78 is 0. The van der Waals surface area contributed by atoms with E-state index in [1.54, 1.807) is 11.3 Å². The molecule has 1 atom stereocenters. The number of barbiturate groups is 1. The fourth-order valence-corrected chi connectivity index (χ4v) is 3.28. The molecule has 2 rings (SSSR count). The lowest BCUT2D eigenvalue weighted by Crippen LogP contribution is -2.57. The molecule has 0 spiro atoms. The quantitative estimate of drug-likeness (QED) is 0.867. The third-order valence-electron chi connectivity index (χ3n) is 3.46. The first-order valence-corrected chi connectivity index (χ1v) is 7.47. The Kier molecular flexibility index (Phi) is 4.23. The summed E-state index contributed by atoms with van der Waals surface area (Å²) in [4.78, 5) is 39.1. The predicted molar refractivity (Wildman–Crippen MR) is 76.3 cm³/mol. The highest BCUT2D eigenvalue weighted by molar-refractivity contribution is 7.12. The van der Waals surface area contributed by atoms with Crippen LogP contribution < -0.4 is 5.32 Å². The van der Waals surface area contributed by atoms with Gasteiger partial charge < -0.3 is 0 Å². The zero-order valence-electron chi connectivity index (χ0n) is 11.9. The van der Waals surface area contributed by atoms with Gasteiger partial charge in [0.2, 0.25) is 11.8 Å². The molecule has 1 aromatic heterocycles. The van der Waals surface area contributed by atoms with Crippen molar-refractivity contribution in [1.82, 2.24) is 10.2 Å². The molecule has 0 bridgehead atoms. The normalized spacial score (nSPS) is 19.4. The van der Waals surface area contributed by atoms with Crippen molar-refractivity contribution in [2.24, 2.45) is 5.92 Å². The summed E-state index contributed by atoms with van der Waals surface area (Å²) in [5.74, 6) is -1.60. The minimum Gasteiger partial charge on any atom is -0.277 e. The van der Waals surface area contributed by atoms with Crippen LogP contribution >= 0.6 is 11.3 Å². The molecule has 1 fully saturated rings. The fraction of sp³-hybridized carbons (Fsp3) is 0.500. The van der Waals surface area contributed by atoms with Gasteiger partial charge in [-0.2, -0.15) is 0 Å². The number of nitrogens with zero attached hydrogens (tertiary/aromatic N) is 1. The lowest BCUT2D eigenvalue weighted by atomic mass is 9.99. The maximum absolute atomic E-state index is 12.3. The number of thiophene rings is 1. The van der Waals surface area contributed by atoms with Gasteiger partial charge in [-0.15, -0.1) is 11.3 Å². The zero-order valence-corrected chi connectivity index (χ0v) is 12.7. The lowest BCUT2D eigenvalue weighted by molar-refractivity contribution is -0.143. The monoisotopic (exact) mass is 294 g/mol. The van der Waals surface area contributed by atoms with Crippen molar-refractivity contribution in [3.8, 4) is 0 Å². The highest BCUT2D eigenvalue weighted by atomic mass is 32.1. The molecule has 20 heavy (non-hydrogen) atoms. The van der Waals surface area contributed by atoms with Gasteiger partial charge in [-0.05, 0) is 31.9 Å². The number of aryl methyl sites for hydroxylation is 2. The summed E-state index contributed by atoms with van der Waals surface area (Å²) in [7, 11) is 0. The summed E-state index contributed by atoms with van der Waals surface area (Å²) in [6.45, 7) is 6.15. The molecule has 5 nitrogen and oxygen atoms in total. The van der Waals surface area contributed by atoms with E-state index in [0.29, 0.717) is 6.42 Å². The van der Waals surface area contributed by atoms with Gasteiger partial charge in [-0.25, -0.2) is 4.79 Å². The summed E-state index contributed by atoms with van der Waals surface area (Å²) in [5.41, 5.74) is 1.15. The lowest BCUT2D eigenvalue weighted by Gasteiger charge is -2.29. The van der Waals surface area contributed by atoms with Crippen molar-refractivity contribution in [3.63, 3.8) is 0 Å². The number of nitrogens with one attached hydrogen (secondary N) is 1. The van der Waals surface area contributed by atoms with E-state index in [-0.39, 0.29) is 12.5 Å². The average molecular weight is 294 g/mol. The summed E-state index contributed by atoms with van der Waals surface area (Å²) >= 11 is 1.57. The smallest absolute Gasteiger partial charge is 0.277 e. The van der Waals surface area contributed by atoms with E-state index in [4.69, 9.17) is 0 Å². The van der Waals surface area contributed by atoms with E-state index in [0.717, 1.165) is 21.8 Å². The Bertz CT molecular complexity index is 545. The van der Waals surface area contributed by atoms with E-state index in [1.165, 1.54) is 4.88 Å². The van der Waals surface area contributed by atoms with Crippen molar-refractivity contribution in [1.29, 1.82) is 0 Å². The molecular weight excluding hydrogens is 276 g/mol. The van der Waals surface area contributed by atoms with E-state index in [2.05, 4.69) is 5.32 Å². The minimum atomic E-state index is -0.736. The largest absolute Gasteiger partial charge is 0.331 e. The number of imide groups is 2. The van der Waals surface area contributed by atoms with E-state index in [9.17, 15) is 14.4 Å². The molecule has 6 heteroatoms. The number of carbonyl (C=O) groups is 3. The summed E-state index contributed by atoms with van der Waals surface area (Å²) in [6.07, 6.45) is 1.19. The van der Waals surface area contributed by atoms with Crippen LogP contribution in [0.2, 0.25) is 0 Å². The second-order valence-corrected chi connectivity index (χ2v) is 6.35. The molecule has 108 valence electrons. The molecule has 4 amide bonds. The number of hydrogen-bond donors (Lipinski definition) is 1. The zero-order chi connectivity index (χ0) is 14.9. The Hall–Kier alpha value is -1.69. The first kappa shape index (κ1) is 14.7. The van der Waals surface area contributed by atoms with Crippen molar-refractivity contribution in [2.75, 3.05) is 0 Å². The predicted octanol–water partition coefficient (Wildman–Crippen LogP) is 2.36. The van der Waals surface area contributed by atoms with Gasteiger partial charge in [0.25, 0.3) is 0 Å². The first-order valence-electron chi connectivity index (χ1n) is 6.66. The third-order valence-corrected chi connectivity index (χ3v) is 4.60. The second kappa shape index (κ2) is 5.75. The van der Waals surface area contributed by atoms with Crippen molar-refractivity contribution < 1.29 is 14.4 Å². The Balaban J connectivity index is 2.19. The van der Waals surface area contributed by atoms with Gasteiger partial charge in [-0.1, -0.05) is 13.3 Å². The maximum Gasteiger partial charge on any atom is 0.331 e. The molecule has 0 radical (unpaired) electrons. The van der Waals surface area contributed by atoms with Crippen LogP contribution in [0.15, 0.2) is 6.07 Å². The highest BCUT2D eigenvalue weighted by Crippen LogP contribution is 2.24. The molecule has 1 aromatic rings. The van der Waals surface area contributed by atoms with E-state index in [1.807, 2.05) is 26.8 Å². The standard InChI is InChI=1S/C14H18N2O3S/c1-4-5-11-12(17)15-14(19)16(13(11)18)7-10-6-8(2)9(3)20-10/h6,11H,4-5,7H2,1-3H3,(H,15,17,19). The molecule has 1 aliphatic rings. The van der Waals surface area contributed by atoms with Crippen molar-refractivity contribution in [2.45, 2.75) is 40.2 Å². The topological polar surface area (TPSA) is 66.5 Å². The summed E-state index contributed by atoms with van der Waals surface area (Å²) in [5, 5.41) is 2.27. The van der Waals surface area contributed by atoms with Gasteiger partial charge in [0.05, 0.1) is 6.54 Å². The first-order chi connectivity index (χ1) is 9.43. The number of urea groups is 1. The average Bonchev–Trinajstić information content (AvgIpc) is 2.69. The van der Waals surface area contributed by atoms with Crippen molar-refractivity contribution >= 4 is 29.2 Å². The molecule has 0 saturated carbocycles. The van der Waals surface area contributed by atoms with Crippen LogP contribution in [0.1, 0.15) is 35.1 Å². The molecule has 1 aliphatic heterocycles. The van der Waals surface area contributed by atoms with Crippen LogP contribution in [0, 0.1) is 19.8 Å². The number of carbonyl (C=O) groups excluding carboxylic acids is 3. The molecule has 1 unspecified atom stereocenters. The van der Waals surface area contributed by atoms with Crippen LogP contribution in [0.3, 0.4) is 0 Å². The Morgan fingerprint density at radius 3 is 2.55 bits per heavy atom. The second-order valence-electron chi connectivity index (χ2n) is 5.01. The summed E-state index contributed by atoms with van der Waals surface area (Å²) in [6, 6.07) is 1.36. The van der Waals surface area contributed by atoms with Crippen molar-refractivity contribution in [3.05, 3.63) is 21.4 Å². The molecule has 0 aromatic carbocycles. The SMILES string of the molecule is CCCC1C(=O)NC(=O)N(Cc2cc(C)c(C)s2)C1=O. The molecule has 1 saturated heterocycles. The fourth-order valence-electron chi connectivity index (χ4n) is 2.24. The van der Waals surface area contributed by atoms with Crippen LogP contribution in [0.25, 0.3) is 0 Å². The molecular formula is C14H18N2O3S. The van der Waals surface area contributed by atoms with Crippen LogP contribution in [0.5, 0.6) is 0 Å². The number of rotatable bonds is 4. The number of hydrogen-bond acceptors (Lipinski definition) is 4. The highest BCUT2D eigenvalue weighted by Gasteiger charge is 2.39. The van der Waals surface area contributed by atoms with Crippen LogP contribution in [-0.2, 0) is 16.1 Å². The van der Waals surface area contributed by atoms with E-state index < -0.39 is 17.9 Å². The molecule has 2 heterocycles. The van der Waals surface area contributed by atoms with Gasteiger partial charge in [0.15, 0.2) is 0 Å². The van der Waals surface area contributed by atoms with Gasteiger partial charge in [0.1, 0.15) is 5.92 Å². The van der Waals surface area contributed by atoms with Gasteiger partial charge >= 0.3 is 6.03 Å². The van der Waals surface area contributed by atoms with Crippen LogP contribution in [0.4, 0.5) is 4.79 Å². The van der Waals surface area contributed by atoms with Gasteiger partial charge in [-0.3, -0.25) is 19.8 Å². The van der Waals surface area contributed by atoms with Crippen LogP contribution in [-0.4, -0.2) is 22.7 Å².